The van der Waals surface area contributed by atoms with E-state index in [0.29, 0.717) is 6.54 Å². The van der Waals surface area contributed by atoms with E-state index in [1.807, 2.05) is 47.1 Å². The number of tetrazole rings is 1. The Morgan fingerprint density at radius 2 is 1.53 bits per heavy atom. The van der Waals surface area contributed by atoms with Crippen molar-refractivity contribution in [1.29, 1.82) is 0 Å². The summed E-state index contributed by atoms with van der Waals surface area (Å²) >= 11 is 1.75. The van der Waals surface area contributed by atoms with Gasteiger partial charge in [0.2, 0.25) is 0 Å². The SMILES string of the molecule is COc1ccc(Cn2nnnc2C(c2ccc(OC)cc2)N2CCN(c3nc4ccccc4s3)CC2)cc1. The van der Waals surface area contributed by atoms with Crippen LogP contribution in [0, 0.1) is 0 Å². The van der Waals surface area contributed by atoms with Crippen LogP contribution < -0.4 is 14.4 Å². The molecule has 3 heterocycles. The zero-order chi connectivity index (χ0) is 25.9. The smallest absolute Gasteiger partial charge is 0.186 e. The fourth-order valence-corrected chi connectivity index (χ4v) is 5.92. The van der Waals surface area contributed by atoms with Gasteiger partial charge in [-0.15, -0.1) is 5.10 Å². The molecule has 2 aromatic heterocycles. The summed E-state index contributed by atoms with van der Waals surface area (Å²) in [6.45, 7) is 4.06. The lowest BCUT2D eigenvalue weighted by Crippen LogP contribution is -2.48. The first-order valence-electron chi connectivity index (χ1n) is 12.6. The molecule has 1 aliphatic rings. The molecule has 1 unspecified atom stereocenters. The lowest BCUT2D eigenvalue weighted by atomic mass is 10.0. The van der Waals surface area contributed by atoms with E-state index in [1.165, 1.54) is 4.70 Å². The second kappa shape index (κ2) is 10.8. The molecule has 5 aromatic rings. The van der Waals surface area contributed by atoms with E-state index >= 15 is 0 Å². The fourth-order valence-electron chi connectivity index (χ4n) is 4.90. The van der Waals surface area contributed by atoms with Crippen LogP contribution in [0.1, 0.15) is 23.0 Å². The van der Waals surface area contributed by atoms with Gasteiger partial charge in [-0.3, -0.25) is 4.90 Å². The maximum Gasteiger partial charge on any atom is 0.186 e. The summed E-state index contributed by atoms with van der Waals surface area (Å²) in [5, 5.41) is 14.1. The zero-order valence-corrected chi connectivity index (χ0v) is 22.2. The average molecular weight is 528 g/mol. The maximum absolute atomic E-state index is 5.41. The second-order valence-electron chi connectivity index (χ2n) is 9.21. The molecular formula is C28H29N7O2S. The van der Waals surface area contributed by atoms with Gasteiger partial charge in [-0.1, -0.05) is 47.7 Å². The predicted molar refractivity (Wildman–Crippen MR) is 148 cm³/mol. The molecule has 1 atom stereocenters. The number of para-hydroxylation sites is 1. The highest BCUT2D eigenvalue weighted by molar-refractivity contribution is 7.22. The molecule has 194 valence electrons. The van der Waals surface area contributed by atoms with Crippen molar-refractivity contribution in [3.05, 3.63) is 89.7 Å². The third kappa shape index (κ3) is 4.92. The van der Waals surface area contributed by atoms with Crippen molar-refractivity contribution < 1.29 is 9.47 Å². The van der Waals surface area contributed by atoms with Crippen LogP contribution in [0.3, 0.4) is 0 Å². The summed E-state index contributed by atoms with van der Waals surface area (Å²) in [4.78, 5) is 9.72. The minimum absolute atomic E-state index is 0.0910. The van der Waals surface area contributed by atoms with Crippen molar-refractivity contribution in [2.45, 2.75) is 12.6 Å². The molecule has 6 rings (SSSR count). The Hall–Kier alpha value is -4.02. The Balaban J connectivity index is 1.27. The number of hydrogen-bond acceptors (Lipinski definition) is 9. The molecule has 0 saturated carbocycles. The molecule has 1 fully saturated rings. The summed E-state index contributed by atoms with van der Waals surface area (Å²) in [5.41, 5.74) is 3.29. The number of fused-ring (bicyclic) bond motifs is 1. The molecule has 0 aliphatic carbocycles. The highest BCUT2D eigenvalue weighted by Crippen LogP contribution is 2.33. The molecule has 38 heavy (non-hydrogen) atoms. The van der Waals surface area contributed by atoms with Crippen LogP contribution in [0.25, 0.3) is 10.2 Å². The van der Waals surface area contributed by atoms with Crippen molar-refractivity contribution in [3.63, 3.8) is 0 Å². The van der Waals surface area contributed by atoms with Gasteiger partial charge in [0.25, 0.3) is 0 Å². The number of ether oxygens (including phenoxy) is 2. The van der Waals surface area contributed by atoms with Crippen LogP contribution in [0.5, 0.6) is 11.5 Å². The van der Waals surface area contributed by atoms with Gasteiger partial charge in [0.05, 0.1) is 37.0 Å². The minimum atomic E-state index is -0.0910. The molecule has 3 aromatic carbocycles. The molecule has 0 spiro atoms. The monoisotopic (exact) mass is 527 g/mol. The van der Waals surface area contributed by atoms with Crippen molar-refractivity contribution in [3.8, 4) is 11.5 Å². The molecule has 0 radical (unpaired) electrons. The predicted octanol–water partition coefficient (Wildman–Crippen LogP) is 4.26. The van der Waals surface area contributed by atoms with Gasteiger partial charge in [-0.05, 0) is 58.0 Å². The Morgan fingerprint density at radius 3 is 2.21 bits per heavy atom. The van der Waals surface area contributed by atoms with E-state index in [4.69, 9.17) is 14.5 Å². The molecule has 0 amide bonds. The quantitative estimate of drug-likeness (QED) is 0.296. The lowest BCUT2D eigenvalue weighted by Gasteiger charge is -2.38. The van der Waals surface area contributed by atoms with Crippen molar-refractivity contribution in [2.75, 3.05) is 45.3 Å². The largest absolute Gasteiger partial charge is 0.497 e. The molecule has 1 saturated heterocycles. The van der Waals surface area contributed by atoms with Crippen LogP contribution in [-0.2, 0) is 6.54 Å². The first-order chi connectivity index (χ1) is 18.7. The molecule has 0 N–H and O–H groups in total. The highest BCUT2D eigenvalue weighted by Gasteiger charge is 2.31. The minimum Gasteiger partial charge on any atom is -0.497 e. The van der Waals surface area contributed by atoms with Gasteiger partial charge in [0.15, 0.2) is 11.0 Å². The van der Waals surface area contributed by atoms with E-state index in [0.717, 1.165) is 65.3 Å². The van der Waals surface area contributed by atoms with Gasteiger partial charge in [-0.25, -0.2) is 9.67 Å². The molecular weight excluding hydrogens is 498 g/mol. The number of thiazole rings is 1. The maximum atomic E-state index is 5.41. The Labute approximate surface area is 225 Å². The number of anilines is 1. The number of rotatable bonds is 8. The number of benzene rings is 3. The van der Waals surface area contributed by atoms with Crippen molar-refractivity contribution in [1.82, 2.24) is 30.1 Å². The number of nitrogens with zero attached hydrogens (tertiary/aromatic N) is 7. The summed E-state index contributed by atoms with van der Waals surface area (Å²) < 4.78 is 13.8. The Morgan fingerprint density at radius 1 is 0.842 bits per heavy atom. The number of methoxy groups -OCH3 is 2. The van der Waals surface area contributed by atoms with E-state index in [2.05, 4.69) is 55.7 Å². The topological polar surface area (TPSA) is 81.4 Å². The number of piperazine rings is 1. The van der Waals surface area contributed by atoms with Crippen LogP contribution >= 0.6 is 11.3 Å². The third-order valence-electron chi connectivity index (χ3n) is 6.96. The van der Waals surface area contributed by atoms with E-state index in [-0.39, 0.29) is 6.04 Å². The van der Waals surface area contributed by atoms with Crippen LogP contribution in [0.15, 0.2) is 72.8 Å². The van der Waals surface area contributed by atoms with Crippen LogP contribution in [-0.4, -0.2) is 70.5 Å². The van der Waals surface area contributed by atoms with E-state index < -0.39 is 0 Å². The fraction of sp³-hybridized carbons (Fsp3) is 0.286. The molecule has 9 nitrogen and oxygen atoms in total. The first-order valence-corrected chi connectivity index (χ1v) is 13.4. The Bertz CT molecular complexity index is 1460. The highest BCUT2D eigenvalue weighted by atomic mass is 32.1. The normalized spacial score (nSPS) is 15.1. The Kier molecular flexibility index (Phi) is 6.89. The van der Waals surface area contributed by atoms with Crippen molar-refractivity contribution in [2.24, 2.45) is 0 Å². The lowest BCUT2D eigenvalue weighted by molar-refractivity contribution is 0.201. The second-order valence-corrected chi connectivity index (χ2v) is 10.2. The summed E-state index contributed by atoms with van der Waals surface area (Å²) in [5.74, 6) is 2.47. The van der Waals surface area contributed by atoms with Crippen LogP contribution in [0.2, 0.25) is 0 Å². The van der Waals surface area contributed by atoms with E-state index in [9.17, 15) is 0 Å². The summed E-state index contributed by atoms with van der Waals surface area (Å²) in [7, 11) is 3.35. The van der Waals surface area contributed by atoms with Gasteiger partial charge >= 0.3 is 0 Å². The first kappa shape index (κ1) is 24.3. The average Bonchev–Trinajstić information content (AvgIpc) is 3.62. The number of hydrogen-bond donors (Lipinski definition) is 0. The molecule has 0 bridgehead atoms. The summed E-state index contributed by atoms with van der Waals surface area (Å²) in [6, 6.07) is 24.4. The summed E-state index contributed by atoms with van der Waals surface area (Å²) in [6.07, 6.45) is 0. The van der Waals surface area contributed by atoms with E-state index in [1.54, 1.807) is 25.6 Å². The number of aromatic nitrogens is 5. The zero-order valence-electron chi connectivity index (χ0n) is 21.4. The van der Waals surface area contributed by atoms with Crippen LogP contribution in [0.4, 0.5) is 5.13 Å². The standard InChI is InChI=1S/C28H29N7O2S/c1-36-22-11-7-20(8-12-22)19-35-27(30-31-32-35)26(21-9-13-23(37-2)14-10-21)33-15-17-34(18-16-33)28-29-24-5-3-4-6-25(24)38-28/h3-14,26H,15-19H2,1-2H3. The van der Waals surface area contributed by atoms with Gasteiger partial charge in [0.1, 0.15) is 11.5 Å². The van der Waals surface area contributed by atoms with Gasteiger partial charge in [0, 0.05) is 26.2 Å². The van der Waals surface area contributed by atoms with Gasteiger partial charge in [-0.2, -0.15) is 0 Å². The van der Waals surface area contributed by atoms with Crippen molar-refractivity contribution >= 4 is 26.7 Å². The molecule has 10 heteroatoms. The third-order valence-corrected chi connectivity index (χ3v) is 8.06. The molecule has 1 aliphatic heterocycles. The van der Waals surface area contributed by atoms with Gasteiger partial charge < -0.3 is 14.4 Å².